The Morgan fingerprint density at radius 1 is 1.60 bits per heavy atom. The predicted octanol–water partition coefficient (Wildman–Crippen LogP) is 2.32. The van der Waals surface area contributed by atoms with Gasteiger partial charge in [-0.25, -0.2) is 0 Å². The van der Waals surface area contributed by atoms with Gasteiger partial charge in [0.25, 0.3) is 0 Å². The number of hydrogen-bond donors (Lipinski definition) is 1. The Hall–Kier alpha value is -0.380. The quantitative estimate of drug-likeness (QED) is 0.826. The number of thiophene rings is 1. The average Bonchev–Trinajstić information content (AvgIpc) is 2.88. The van der Waals surface area contributed by atoms with E-state index >= 15 is 0 Å². The number of likely N-dealkylation sites (tertiary alicyclic amines) is 1. The Kier molecular flexibility index (Phi) is 4.18. The zero-order chi connectivity index (χ0) is 10.5. The van der Waals surface area contributed by atoms with Gasteiger partial charge in [0.1, 0.15) is 0 Å². The van der Waals surface area contributed by atoms with Crippen LogP contribution in [0.4, 0.5) is 0 Å². The number of rotatable bonds is 5. The summed E-state index contributed by atoms with van der Waals surface area (Å²) in [5.41, 5.74) is 0. The van der Waals surface area contributed by atoms with Gasteiger partial charge in [0.15, 0.2) is 0 Å². The molecular formula is C12H20N2S. The number of likely N-dealkylation sites (N-methyl/N-ethyl adjacent to an activating group) is 1. The first-order valence-electron chi connectivity index (χ1n) is 5.87. The highest BCUT2D eigenvalue weighted by Crippen LogP contribution is 2.16. The first-order chi connectivity index (χ1) is 7.40. The fourth-order valence-electron chi connectivity index (χ4n) is 2.32. The lowest BCUT2D eigenvalue weighted by atomic mass is 10.2. The van der Waals surface area contributed by atoms with Crippen molar-refractivity contribution in [3.05, 3.63) is 22.4 Å². The highest BCUT2D eigenvalue weighted by molar-refractivity contribution is 7.09. The zero-order valence-electron chi connectivity index (χ0n) is 9.41. The van der Waals surface area contributed by atoms with Crippen LogP contribution in [0.3, 0.4) is 0 Å². The summed E-state index contributed by atoms with van der Waals surface area (Å²) in [6.07, 6.45) is 2.74. The standard InChI is InChI=1S/C12H20N2S/c1-2-14-7-3-5-11(14)9-13-10-12-6-4-8-15-12/h4,6,8,11,13H,2-3,5,7,9-10H2,1H3/t11-/m1/s1. The Morgan fingerprint density at radius 2 is 2.53 bits per heavy atom. The van der Waals surface area contributed by atoms with Crippen LogP contribution in [0.2, 0.25) is 0 Å². The summed E-state index contributed by atoms with van der Waals surface area (Å²) < 4.78 is 0. The van der Waals surface area contributed by atoms with E-state index in [-0.39, 0.29) is 0 Å². The molecule has 0 aliphatic carbocycles. The number of nitrogens with one attached hydrogen (secondary N) is 1. The molecule has 0 spiro atoms. The second kappa shape index (κ2) is 5.64. The van der Waals surface area contributed by atoms with Crippen molar-refractivity contribution >= 4 is 11.3 Å². The lowest BCUT2D eigenvalue weighted by molar-refractivity contribution is 0.260. The molecule has 84 valence electrons. The number of hydrogen-bond acceptors (Lipinski definition) is 3. The third-order valence-electron chi connectivity index (χ3n) is 3.16. The maximum atomic E-state index is 3.56. The molecule has 0 amide bonds. The second-order valence-electron chi connectivity index (χ2n) is 4.13. The van der Waals surface area contributed by atoms with E-state index in [9.17, 15) is 0 Å². The lowest BCUT2D eigenvalue weighted by Gasteiger charge is -2.22. The average molecular weight is 224 g/mol. The SMILES string of the molecule is CCN1CCC[C@@H]1CNCc1cccs1. The van der Waals surface area contributed by atoms with Gasteiger partial charge in [-0.1, -0.05) is 13.0 Å². The normalized spacial score (nSPS) is 22.3. The van der Waals surface area contributed by atoms with Crippen molar-refractivity contribution in [1.82, 2.24) is 10.2 Å². The van der Waals surface area contributed by atoms with E-state index in [4.69, 9.17) is 0 Å². The molecule has 1 saturated heterocycles. The molecule has 15 heavy (non-hydrogen) atoms. The molecule has 0 unspecified atom stereocenters. The van der Waals surface area contributed by atoms with E-state index < -0.39 is 0 Å². The van der Waals surface area contributed by atoms with Gasteiger partial charge < -0.3 is 5.32 Å². The van der Waals surface area contributed by atoms with Crippen molar-refractivity contribution in [1.29, 1.82) is 0 Å². The van der Waals surface area contributed by atoms with E-state index in [0.717, 1.165) is 19.1 Å². The van der Waals surface area contributed by atoms with Crippen LogP contribution in [0.15, 0.2) is 17.5 Å². The Morgan fingerprint density at radius 3 is 3.27 bits per heavy atom. The summed E-state index contributed by atoms with van der Waals surface area (Å²) in [7, 11) is 0. The first-order valence-corrected chi connectivity index (χ1v) is 6.75. The maximum Gasteiger partial charge on any atom is 0.0300 e. The highest BCUT2D eigenvalue weighted by Gasteiger charge is 2.21. The van der Waals surface area contributed by atoms with Gasteiger partial charge in [0.2, 0.25) is 0 Å². The molecule has 0 saturated carbocycles. The summed E-state index contributed by atoms with van der Waals surface area (Å²) >= 11 is 1.84. The van der Waals surface area contributed by atoms with Gasteiger partial charge in [-0.05, 0) is 37.4 Å². The highest BCUT2D eigenvalue weighted by atomic mass is 32.1. The van der Waals surface area contributed by atoms with Gasteiger partial charge in [-0.2, -0.15) is 0 Å². The van der Waals surface area contributed by atoms with Crippen molar-refractivity contribution in [3.8, 4) is 0 Å². The molecule has 1 N–H and O–H groups in total. The van der Waals surface area contributed by atoms with Crippen LogP contribution in [0, 0.1) is 0 Å². The molecule has 0 aromatic carbocycles. The monoisotopic (exact) mass is 224 g/mol. The third kappa shape index (κ3) is 3.03. The van der Waals surface area contributed by atoms with Crippen molar-refractivity contribution in [2.45, 2.75) is 32.4 Å². The van der Waals surface area contributed by atoms with E-state index in [1.165, 1.54) is 30.8 Å². The van der Waals surface area contributed by atoms with E-state index in [2.05, 4.69) is 34.7 Å². The molecule has 1 aromatic heterocycles. The fraction of sp³-hybridized carbons (Fsp3) is 0.667. The largest absolute Gasteiger partial charge is 0.310 e. The van der Waals surface area contributed by atoms with E-state index in [1.54, 1.807) is 0 Å². The van der Waals surface area contributed by atoms with Gasteiger partial charge in [0, 0.05) is 24.0 Å². The lowest BCUT2D eigenvalue weighted by Crippen LogP contribution is -2.37. The third-order valence-corrected chi connectivity index (χ3v) is 4.04. The molecule has 2 nitrogen and oxygen atoms in total. The summed E-state index contributed by atoms with van der Waals surface area (Å²) in [6, 6.07) is 5.09. The zero-order valence-corrected chi connectivity index (χ0v) is 10.2. The molecule has 2 heterocycles. The van der Waals surface area contributed by atoms with Crippen LogP contribution in [0.5, 0.6) is 0 Å². The molecule has 1 aliphatic heterocycles. The smallest absolute Gasteiger partial charge is 0.0300 e. The molecule has 0 radical (unpaired) electrons. The van der Waals surface area contributed by atoms with Gasteiger partial charge in [-0.15, -0.1) is 11.3 Å². The van der Waals surface area contributed by atoms with Crippen LogP contribution < -0.4 is 5.32 Å². The van der Waals surface area contributed by atoms with E-state index in [0.29, 0.717) is 0 Å². The predicted molar refractivity (Wildman–Crippen MR) is 66.3 cm³/mol. The minimum absolute atomic E-state index is 0.773. The summed E-state index contributed by atoms with van der Waals surface area (Å²) in [4.78, 5) is 4.03. The topological polar surface area (TPSA) is 15.3 Å². The summed E-state index contributed by atoms with van der Waals surface area (Å²) in [5.74, 6) is 0. The Balaban J connectivity index is 1.69. The van der Waals surface area contributed by atoms with Gasteiger partial charge >= 0.3 is 0 Å². The van der Waals surface area contributed by atoms with Crippen LogP contribution in [-0.4, -0.2) is 30.6 Å². The molecule has 1 fully saturated rings. The molecule has 3 heteroatoms. The molecular weight excluding hydrogens is 204 g/mol. The van der Waals surface area contributed by atoms with Gasteiger partial charge in [-0.3, -0.25) is 4.90 Å². The minimum atomic E-state index is 0.773. The second-order valence-corrected chi connectivity index (χ2v) is 5.17. The Labute approximate surface area is 96.3 Å². The molecule has 1 atom stereocenters. The van der Waals surface area contributed by atoms with Crippen molar-refractivity contribution in [3.63, 3.8) is 0 Å². The van der Waals surface area contributed by atoms with Crippen LogP contribution in [-0.2, 0) is 6.54 Å². The summed E-state index contributed by atoms with van der Waals surface area (Å²) in [5, 5.41) is 5.71. The van der Waals surface area contributed by atoms with Gasteiger partial charge in [0.05, 0.1) is 0 Å². The molecule has 2 rings (SSSR count). The Bertz CT molecular complexity index is 271. The number of nitrogens with zero attached hydrogens (tertiary/aromatic N) is 1. The molecule has 1 aromatic rings. The van der Waals surface area contributed by atoms with Crippen molar-refractivity contribution < 1.29 is 0 Å². The van der Waals surface area contributed by atoms with E-state index in [1.807, 2.05) is 11.3 Å². The van der Waals surface area contributed by atoms with Crippen molar-refractivity contribution in [2.75, 3.05) is 19.6 Å². The molecule has 0 bridgehead atoms. The maximum absolute atomic E-state index is 3.56. The fourth-order valence-corrected chi connectivity index (χ4v) is 2.99. The van der Waals surface area contributed by atoms with Crippen LogP contribution >= 0.6 is 11.3 Å². The van der Waals surface area contributed by atoms with Crippen LogP contribution in [0.1, 0.15) is 24.6 Å². The summed E-state index contributed by atoms with van der Waals surface area (Å²) in [6.45, 7) is 6.93. The minimum Gasteiger partial charge on any atom is -0.310 e. The first kappa shape index (κ1) is 11.1. The van der Waals surface area contributed by atoms with Crippen molar-refractivity contribution in [2.24, 2.45) is 0 Å². The molecule has 1 aliphatic rings. The van der Waals surface area contributed by atoms with Crippen LogP contribution in [0.25, 0.3) is 0 Å².